The van der Waals surface area contributed by atoms with E-state index in [0.717, 1.165) is 6.54 Å². The van der Waals surface area contributed by atoms with Crippen molar-refractivity contribution in [2.24, 2.45) is 0 Å². The lowest BCUT2D eigenvalue weighted by Gasteiger charge is -2.05. The van der Waals surface area contributed by atoms with Crippen molar-refractivity contribution in [1.29, 1.82) is 0 Å². The molecule has 1 aromatic rings. The van der Waals surface area contributed by atoms with Gasteiger partial charge in [0.2, 0.25) is 0 Å². The van der Waals surface area contributed by atoms with Crippen molar-refractivity contribution >= 4 is 0 Å². The van der Waals surface area contributed by atoms with Crippen LogP contribution in [-0.2, 0) is 11.4 Å². The Morgan fingerprint density at radius 3 is 2.50 bits per heavy atom. The predicted molar refractivity (Wildman–Crippen MR) is 68.0 cm³/mol. The first-order valence-electron chi connectivity index (χ1n) is 6.32. The summed E-state index contributed by atoms with van der Waals surface area (Å²) in [5, 5.41) is 0. The van der Waals surface area contributed by atoms with Crippen molar-refractivity contribution in [3.63, 3.8) is 0 Å². The number of nitrogens with one attached hydrogen (secondary N) is 1. The lowest BCUT2D eigenvalue weighted by molar-refractivity contribution is 0.0272. The third-order valence-corrected chi connectivity index (χ3v) is 2.57. The molecule has 0 fully saturated rings. The molecule has 1 aromatic carbocycles. The Labute approximate surface area is 99.0 Å². The summed E-state index contributed by atoms with van der Waals surface area (Å²) in [6.45, 7) is 3.84. The van der Waals surface area contributed by atoms with Gasteiger partial charge in [0, 0.05) is 6.54 Å². The molecule has 0 amide bonds. The van der Waals surface area contributed by atoms with E-state index in [1.165, 1.54) is 37.7 Å². The number of hydroxylamine groups is 1. The van der Waals surface area contributed by atoms with Gasteiger partial charge in [-0.05, 0) is 12.0 Å². The molecule has 0 aliphatic rings. The summed E-state index contributed by atoms with van der Waals surface area (Å²) >= 11 is 0. The second kappa shape index (κ2) is 9.37. The molecule has 0 saturated carbocycles. The van der Waals surface area contributed by atoms with Crippen LogP contribution < -0.4 is 5.48 Å². The van der Waals surface area contributed by atoms with E-state index >= 15 is 0 Å². The van der Waals surface area contributed by atoms with Crippen molar-refractivity contribution in [3.8, 4) is 0 Å². The minimum Gasteiger partial charge on any atom is -0.297 e. The molecule has 16 heavy (non-hydrogen) atoms. The van der Waals surface area contributed by atoms with E-state index in [-0.39, 0.29) is 0 Å². The smallest absolute Gasteiger partial charge is 0.0933 e. The average Bonchev–Trinajstić information content (AvgIpc) is 2.34. The molecule has 2 nitrogen and oxygen atoms in total. The van der Waals surface area contributed by atoms with Gasteiger partial charge in [0.05, 0.1) is 6.61 Å². The Hall–Kier alpha value is -0.860. The highest BCUT2D eigenvalue weighted by Crippen LogP contribution is 2.02. The van der Waals surface area contributed by atoms with Gasteiger partial charge in [-0.15, -0.1) is 0 Å². The third-order valence-electron chi connectivity index (χ3n) is 2.57. The van der Waals surface area contributed by atoms with Crippen LogP contribution in [0.25, 0.3) is 0 Å². The monoisotopic (exact) mass is 221 g/mol. The van der Waals surface area contributed by atoms with Crippen LogP contribution in [0.15, 0.2) is 30.3 Å². The molecule has 0 aromatic heterocycles. The van der Waals surface area contributed by atoms with E-state index in [1.54, 1.807) is 0 Å². The molecule has 2 heteroatoms. The van der Waals surface area contributed by atoms with Crippen molar-refractivity contribution in [3.05, 3.63) is 35.9 Å². The molecule has 0 bridgehead atoms. The summed E-state index contributed by atoms with van der Waals surface area (Å²) in [6, 6.07) is 10.2. The zero-order valence-electron chi connectivity index (χ0n) is 10.2. The van der Waals surface area contributed by atoms with Crippen LogP contribution in [0.3, 0.4) is 0 Å². The second-order valence-corrected chi connectivity index (χ2v) is 4.08. The highest BCUT2D eigenvalue weighted by Gasteiger charge is 1.92. The first-order chi connectivity index (χ1) is 7.93. The molecule has 0 atom stereocenters. The molecular weight excluding hydrogens is 198 g/mol. The van der Waals surface area contributed by atoms with E-state index in [2.05, 4.69) is 24.5 Å². The van der Waals surface area contributed by atoms with Crippen LogP contribution in [0, 0.1) is 0 Å². The molecule has 1 N–H and O–H groups in total. The Morgan fingerprint density at radius 2 is 1.75 bits per heavy atom. The van der Waals surface area contributed by atoms with Gasteiger partial charge in [-0.25, -0.2) is 5.48 Å². The normalized spacial score (nSPS) is 10.6. The summed E-state index contributed by atoms with van der Waals surface area (Å²) in [5.74, 6) is 0. The minimum atomic E-state index is 0.649. The molecule has 0 spiro atoms. The average molecular weight is 221 g/mol. The van der Waals surface area contributed by atoms with Gasteiger partial charge in [-0.3, -0.25) is 4.84 Å². The van der Waals surface area contributed by atoms with Gasteiger partial charge >= 0.3 is 0 Å². The number of rotatable bonds is 9. The van der Waals surface area contributed by atoms with Gasteiger partial charge in [0.1, 0.15) is 0 Å². The quantitative estimate of drug-likeness (QED) is 0.507. The molecular formula is C14H23NO. The van der Waals surface area contributed by atoms with Crippen LogP contribution in [-0.4, -0.2) is 6.54 Å². The Balaban J connectivity index is 1.89. The number of hydrogen-bond acceptors (Lipinski definition) is 2. The van der Waals surface area contributed by atoms with Crippen molar-refractivity contribution in [2.45, 2.75) is 45.6 Å². The SMILES string of the molecule is CCCCCCCNOCc1ccccc1. The summed E-state index contributed by atoms with van der Waals surface area (Å²) in [6.07, 6.45) is 6.50. The molecule has 90 valence electrons. The number of hydrogen-bond donors (Lipinski definition) is 1. The fourth-order valence-electron chi connectivity index (χ4n) is 1.58. The first kappa shape index (κ1) is 13.2. The standard InChI is InChI=1S/C14H23NO/c1-2-3-4-5-9-12-15-16-13-14-10-7-6-8-11-14/h6-8,10-11,15H,2-5,9,12-13H2,1H3. The van der Waals surface area contributed by atoms with Crippen molar-refractivity contribution in [2.75, 3.05) is 6.54 Å². The van der Waals surface area contributed by atoms with Gasteiger partial charge in [0.15, 0.2) is 0 Å². The van der Waals surface area contributed by atoms with Gasteiger partial charge < -0.3 is 0 Å². The van der Waals surface area contributed by atoms with E-state index < -0.39 is 0 Å². The summed E-state index contributed by atoms with van der Waals surface area (Å²) in [5.41, 5.74) is 4.22. The molecule has 0 unspecified atom stereocenters. The lowest BCUT2D eigenvalue weighted by Crippen LogP contribution is -2.15. The molecule has 0 saturated heterocycles. The molecule has 0 heterocycles. The molecule has 0 aliphatic heterocycles. The molecule has 1 rings (SSSR count). The van der Waals surface area contributed by atoms with Gasteiger partial charge in [0.25, 0.3) is 0 Å². The van der Waals surface area contributed by atoms with Crippen LogP contribution in [0.2, 0.25) is 0 Å². The van der Waals surface area contributed by atoms with E-state index in [4.69, 9.17) is 4.84 Å². The maximum Gasteiger partial charge on any atom is 0.0933 e. The van der Waals surface area contributed by atoms with E-state index in [9.17, 15) is 0 Å². The highest BCUT2D eigenvalue weighted by atomic mass is 16.6. The van der Waals surface area contributed by atoms with E-state index in [0.29, 0.717) is 6.61 Å². The zero-order valence-corrected chi connectivity index (χ0v) is 10.2. The second-order valence-electron chi connectivity index (χ2n) is 4.08. The van der Waals surface area contributed by atoms with Crippen LogP contribution in [0.4, 0.5) is 0 Å². The fraction of sp³-hybridized carbons (Fsp3) is 0.571. The first-order valence-corrected chi connectivity index (χ1v) is 6.32. The lowest BCUT2D eigenvalue weighted by atomic mass is 10.2. The molecule has 0 aliphatic carbocycles. The van der Waals surface area contributed by atoms with E-state index in [1.807, 2.05) is 18.2 Å². The Morgan fingerprint density at radius 1 is 1.00 bits per heavy atom. The minimum absolute atomic E-state index is 0.649. The van der Waals surface area contributed by atoms with Gasteiger partial charge in [-0.2, -0.15) is 0 Å². The Kier molecular flexibility index (Phi) is 7.74. The van der Waals surface area contributed by atoms with Gasteiger partial charge in [-0.1, -0.05) is 62.9 Å². The predicted octanol–water partition coefficient (Wildman–Crippen LogP) is 3.68. The summed E-state index contributed by atoms with van der Waals surface area (Å²) in [4.78, 5) is 5.38. The number of unbranched alkanes of at least 4 members (excludes halogenated alkanes) is 4. The fourth-order valence-corrected chi connectivity index (χ4v) is 1.58. The third kappa shape index (κ3) is 6.59. The zero-order chi connectivity index (χ0) is 11.5. The molecule has 0 radical (unpaired) electrons. The Bertz CT molecular complexity index is 248. The van der Waals surface area contributed by atoms with Crippen LogP contribution in [0.1, 0.15) is 44.6 Å². The van der Waals surface area contributed by atoms with Crippen LogP contribution in [0.5, 0.6) is 0 Å². The summed E-state index contributed by atoms with van der Waals surface area (Å²) in [7, 11) is 0. The maximum absolute atomic E-state index is 5.38. The maximum atomic E-state index is 5.38. The topological polar surface area (TPSA) is 21.3 Å². The summed E-state index contributed by atoms with van der Waals surface area (Å²) < 4.78 is 0. The largest absolute Gasteiger partial charge is 0.297 e. The van der Waals surface area contributed by atoms with Crippen LogP contribution >= 0.6 is 0 Å². The highest BCUT2D eigenvalue weighted by molar-refractivity contribution is 5.13. The van der Waals surface area contributed by atoms with Crippen molar-refractivity contribution in [1.82, 2.24) is 5.48 Å². The van der Waals surface area contributed by atoms with Crippen molar-refractivity contribution < 1.29 is 4.84 Å². The number of benzene rings is 1.